The Kier molecular flexibility index (Phi) is 2.82. The number of rotatable bonds is 5. The number of hydrogen-bond donors (Lipinski definition) is 1. The van der Waals surface area contributed by atoms with E-state index in [4.69, 9.17) is 0 Å². The highest BCUT2D eigenvalue weighted by Crippen LogP contribution is 2.34. The second-order valence-corrected chi connectivity index (χ2v) is 4.13. The summed E-state index contributed by atoms with van der Waals surface area (Å²) in [5.74, 6) is 1.93. The van der Waals surface area contributed by atoms with Gasteiger partial charge >= 0.3 is 0 Å². The maximum Gasteiger partial charge on any atom is 0.146 e. The zero-order valence-electron chi connectivity index (χ0n) is 8.90. The van der Waals surface area contributed by atoms with E-state index in [9.17, 15) is 0 Å². The Balaban J connectivity index is 1.72. The van der Waals surface area contributed by atoms with E-state index in [-0.39, 0.29) is 0 Å². The van der Waals surface area contributed by atoms with Crippen molar-refractivity contribution in [2.24, 2.45) is 13.0 Å². The lowest BCUT2D eigenvalue weighted by molar-refractivity contribution is 0.577. The van der Waals surface area contributed by atoms with E-state index in [1.54, 1.807) is 6.33 Å². The van der Waals surface area contributed by atoms with Gasteiger partial charge in [-0.3, -0.25) is 0 Å². The SMILES string of the molecule is CCCC1CC1NCc1nncn1C. The second-order valence-electron chi connectivity index (χ2n) is 4.13. The number of nitrogens with one attached hydrogen (secondary N) is 1. The molecule has 2 unspecified atom stereocenters. The highest BCUT2D eigenvalue weighted by molar-refractivity contribution is 4.94. The molecule has 2 atom stereocenters. The molecule has 4 nitrogen and oxygen atoms in total. The normalized spacial score (nSPS) is 25.3. The Morgan fingerprint density at radius 2 is 2.50 bits per heavy atom. The summed E-state index contributed by atoms with van der Waals surface area (Å²) >= 11 is 0. The van der Waals surface area contributed by atoms with Gasteiger partial charge in [-0.15, -0.1) is 10.2 Å². The van der Waals surface area contributed by atoms with Gasteiger partial charge in [0.05, 0.1) is 6.54 Å². The largest absolute Gasteiger partial charge is 0.320 e. The summed E-state index contributed by atoms with van der Waals surface area (Å²) in [6, 6.07) is 0.728. The van der Waals surface area contributed by atoms with Crippen molar-refractivity contribution < 1.29 is 0 Å². The van der Waals surface area contributed by atoms with Crippen LogP contribution in [-0.4, -0.2) is 20.8 Å². The fraction of sp³-hybridized carbons (Fsp3) is 0.800. The fourth-order valence-corrected chi connectivity index (χ4v) is 1.88. The molecule has 0 aliphatic heterocycles. The van der Waals surface area contributed by atoms with Gasteiger partial charge in [-0.1, -0.05) is 13.3 Å². The van der Waals surface area contributed by atoms with Gasteiger partial charge in [0.25, 0.3) is 0 Å². The molecule has 1 aliphatic rings. The third kappa shape index (κ3) is 2.12. The molecular weight excluding hydrogens is 176 g/mol. The molecule has 1 N–H and O–H groups in total. The van der Waals surface area contributed by atoms with Crippen LogP contribution in [0.1, 0.15) is 32.0 Å². The van der Waals surface area contributed by atoms with Crippen LogP contribution < -0.4 is 5.32 Å². The third-order valence-corrected chi connectivity index (χ3v) is 2.91. The molecule has 0 amide bonds. The number of aromatic nitrogens is 3. The van der Waals surface area contributed by atoms with Crippen LogP contribution in [0, 0.1) is 5.92 Å². The van der Waals surface area contributed by atoms with Gasteiger partial charge in [0.2, 0.25) is 0 Å². The lowest BCUT2D eigenvalue weighted by atomic mass is 10.2. The minimum atomic E-state index is 0.728. The van der Waals surface area contributed by atoms with E-state index < -0.39 is 0 Å². The van der Waals surface area contributed by atoms with E-state index in [1.165, 1.54) is 19.3 Å². The number of nitrogens with zero attached hydrogens (tertiary/aromatic N) is 3. The Morgan fingerprint density at radius 3 is 3.14 bits per heavy atom. The zero-order chi connectivity index (χ0) is 9.97. The minimum absolute atomic E-state index is 0.728. The average molecular weight is 194 g/mol. The van der Waals surface area contributed by atoms with Crippen molar-refractivity contribution in [2.75, 3.05) is 0 Å². The molecule has 1 saturated carbocycles. The monoisotopic (exact) mass is 194 g/mol. The molecule has 0 bridgehead atoms. The van der Waals surface area contributed by atoms with E-state index >= 15 is 0 Å². The Hall–Kier alpha value is -0.900. The fourth-order valence-electron chi connectivity index (χ4n) is 1.88. The van der Waals surface area contributed by atoms with Gasteiger partial charge < -0.3 is 9.88 Å². The van der Waals surface area contributed by atoms with Crippen LogP contribution in [0.5, 0.6) is 0 Å². The van der Waals surface area contributed by atoms with Gasteiger partial charge in [0.15, 0.2) is 0 Å². The van der Waals surface area contributed by atoms with E-state index in [0.717, 1.165) is 24.3 Å². The molecule has 0 spiro atoms. The van der Waals surface area contributed by atoms with E-state index in [1.807, 2.05) is 11.6 Å². The first kappa shape index (κ1) is 9.65. The Morgan fingerprint density at radius 1 is 1.64 bits per heavy atom. The smallest absolute Gasteiger partial charge is 0.146 e. The molecule has 1 aromatic heterocycles. The van der Waals surface area contributed by atoms with Gasteiger partial charge in [-0.2, -0.15) is 0 Å². The van der Waals surface area contributed by atoms with Crippen molar-refractivity contribution in [2.45, 2.75) is 38.8 Å². The highest BCUT2D eigenvalue weighted by atomic mass is 15.3. The molecule has 1 aromatic rings. The van der Waals surface area contributed by atoms with Crippen molar-refractivity contribution in [1.82, 2.24) is 20.1 Å². The Bertz CT molecular complexity index is 294. The van der Waals surface area contributed by atoms with Crippen LogP contribution in [-0.2, 0) is 13.6 Å². The molecule has 1 aliphatic carbocycles. The molecule has 0 aromatic carbocycles. The first-order chi connectivity index (χ1) is 6.81. The van der Waals surface area contributed by atoms with Crippen LogP contribution in [0.25, 0.3) is 0 Å². The molecule has 4 heteroatoms. The standard InChI is InChI=1S/C10H18N4/c1-3-4-8-5-9(8)11-6-10-13-12-7-14(10)2/h7-9,11H,3-6H2,1-2H3. The summed E-state index contributed by atoms with van der Waals surface area (Å²) in [7, 11) is 1.98. The van der Waals surface area contributed by atoms with Crippen molar-refractivity contribution in [3.8, 4) is 0 Å². The molecule has 0 saturated heterocycles. The maximum atomic E-state index is 4.04. The zero-order valence-corrected chi connectivity index (χ0v) is 8.90. The molecular formula is C10H18N4. The van der Waals surface area contributed by atoms with E-state index in [0.29, 0.717) is 0 Å². The topological polar surface area (TPSA) is 42.7 Å². The number of aryl methyl sites for hydroxylation is 1. The van der Waals surface area contributed by atoms with Gasteiger partial charge in [-0.05, 0) is 18.8 Å². The first-order valence-corrected chi connectivity index (χ1v) is 5.37. The molecule has 2 rings (SSSR count). The quantitative estimate of drug-likeness (QED) is 0.763. The van der Waals surface area contributed by atoms with Crippen molar-refractivity contribution in [3.63, 3.8) is 0 Å². The third-order valence-electron chi connectivity index (χ3n) is 2.91. The summed E-state index contributed by atoms with van der Waals surface area (Å²) in [5.41, 5.74) is 0. The minimum Gasteiger partial charge on any atom is -0.320 e. The van der Waals surface area contributed by atoms with Crippen LogP contribution >= 0.6 is 0 Å². The molecule has 0 radical (unpaired) electrons. The summed E-state index contributed by atoms with van der Waals surface area (Å²) < 4.78 is 1.96. The van der Waals surface area contributed by atoms with Gasteiger partial charge in [0, 0.05) is 13.1 Å². The van der Waals surface area contributed by atoms with Crippen LogP contribution in [0.2, 0.25) is 0 Å². The molecule has 78 valence electrons. The maximum absolute atomic E-state index is 4.04. The second kappa shape index (κ2) is 4.09. The first-order valence-electron chi connectivity index (χ1n) is 5.37. The molecule has 1 fully saturated rings. The summed E-state index contributed by atoms with van der Waals surface area (Å²) in [4.78, 5) is 0. The van der Waals surface area contributed by atoms with Crippen molar-refractivity contribution in [3.05, 3.63) is 12.2 Å². The van der Waals surface area contributed by atoms with Crippen molar-refractivity contribution in [1.29, 1.82) is 0 Å². The molecule has 1 heterocycles. The molecule has 14 heavy (non-hydrogen) atoms. The number of hydrogen-bond acceptors (Lipinski definition) is 3. The van der Waals surface area contributed by atoms with Crippen LogP contribution in [0.3, 0.4) is 0 Å². The Labute approximate surface area is 84.7 Å². The lowest BCUT2D eigenvalue weighted by Gasteiger charge is -2.02. The average Bonchev–Trinajstić information content (AvgIpc) is 2.78. The van der Waals surface area contributed by atoms with E-state index in [2.05, 4.69) is 22.4 Å². The van der Waals surface area contributed by atoms with Crippen LogP contribution in [0.4, 0.5) is 0 Å². The highest BCUT2D eigenvalue weighted by Gasteiger charge is 2.35. The summed E-state index contributed by atoms with van der Waals surface area (Å²) in [5, 5.41) is 11.4. The van der Waals surface area contributed by atoms with Crippen LogP contribution in [0.15, 0.2) is 6.33 Å². The van der Waals surface area contributed by atoms with Crippen molar-refractivity contribution >= 4 is 0 Å². The summed E-state index contributed by atoms with van der Waals surface area (Å²) in [6.07, 6.45) is 5.74. The lowest BCUT2D eigenvalue weighted by Crippen LogP contribution is -2.19. The predicted octanol–water partition coefficient (Wildman–Crippen LogP) is 1.09. The predicted molar refractivity (Wildman–Crippen MR) is 54.6 cm³/mol. The van der Waals surface area contributed by atoms with Gasteiger partial charge in [0.1, 0.15) is 12.2 Å². The summed E-state index contributed by atoms with van der Waals surface area (Å²) in [6.45, 7) is 3.10. The van der Waals surface area contributed by atoms with Gasteiger partial charge in [-0.25, -0.2) is 0 Å².